The van der Waals surface area contributed by atoms with Crippen LogP contribution in [0.4, 0.5) is 5.69 Å². The average molecular weight is 318 g/mol. The van der Waals surface area contributed by atoms with Crippen LogP contribution in [0.1, 0.15) is 13.8 Å². The molecular weight excluding hydrogens is 300 g/mol. The molecule has 1 aromatic carbocycles. The van der Waals surface area contributed by atoms with Gasteiger partial charge >= 0.3 is 5.69 Å². The molecule has 0 saturated carbocycles. The molecule has 0 saturated heterocycles. The summed E-state index contributed by atoms with van der Waals surface area (Å²) >= 11 is 1.55. The maximum absolute atomic E-state index is 11.3. The molecule has 0 amide bonds. The normalized spacial score (nSPS) is 10.1. The van der Waals surface area contributed by atoms with Gasteiger partial charge in [-0.3, -0.25) is 4.98 Å². The smallest absolute Gasteiger partial charge is 0.325 e. The van der Waals surface area contributed by atoms with Crippen LogP contribution in [0, 0.1) is 0 Å². The quantitative estimate of drug-likeness (QED) is 0.508. The first-order chi connectivity index (χ1) is 10.7. The van der Waals surface area contributed by atoms with Gasteiger partial charge in [0.05, 0.1) is 0 Å². The van der Waals surface area contributed by atoms with E-state index in [1.165, 1.54) is 0 Å². The fourth-order valence-electron chi connectivity index (χ4n) is 1.88. The van der Waals surface area contributed by atoms with E-state index in [4.69, 9.17) is 10.5 Å². The number of pyridine rings is 1. The number of imidazole rings is 1. The van der Waals surface area contributed by atoms with Crippen molar-refractivity contribution in [3.8, 4) is 11.5 Å². The molecule has 2 heterocycles. The van der Waals surface area contributed by atoms with E-state index in [-0.39, 0.29) is 5.69 Å². The molecule has 116 valence electrons. The lowest BCUT2D eigenvalue weighted by Crippen LogP contribution is -1.99. The number of thioether (sulfide) groups is 1. The zero-order chi connectivity index (χ0) is 16.1. The number of rotatable bonds is 3. The van der Waals surface area contributed by atoms with Gasteiger partial charge in [-0.1, -0.05) is 13.8 Å². The molecule has 3 rings (SSSR count). The highest BCUT2D eigenvalue weighted by atomic mass is 32.2. The lowest BCUT2D eigenvalue weighted by atomic mass is 10.3. The van der Waals surface area contributed by atoms with Gasteiger partial charge in [-0.15, -0.1) is 11.8 Å². The molecule has 0 unspecified atom stereocenters. The second-order valence-electron chi connectivity index (χ2n) is 4.12. The molecule has 22 heavy (non-hydrogen) atoms. The minimum atomic E-state index is -0.314. The number of nitrogens with zero attached hydrogens (tertiary/aromatic N) is 1. The molecular formula is C15H18N4O2S. The molecule has 0 fully saturated rings. The van der Waals surface area contributed by atoms with E-state index in [1.807, 2.05) is 26.2 Å². The zero-order valence-electron chi connectivity index (χ0n) is 12.6. The molecule has 0 atom stereocenters. The van der Waals surface area contributed by atoms with Crippen molar-refractivity contribution in [1.82, 2.24) is 15.0 Å². The van der Waals surface area contributed by atoms with Gasteiger partial charge in [-0.2, -0.15) is 0 Å². The molecule has 0 aliphatic carbocycles. The van der Waals surface area contributed by atoms with Crippen LogP contribution in [-0.2, 0) is 0 Å². The van der Waals surface area contributed by atoms with E-state index >= 15 is 0 Å². The van der Waals surface area contributed by atoms with Gasteiger partial charge in [0.1, 0.15) is 11.3 Å². The Hall–Kier alpha value is -2.41. The van der Waals surface area contributed by atoms with Crippen molar-refractivity contribution in [2.45, 2.75) is 18.7 Å². The summed E-state index contributed by atoms with van der Waals surface area (Å²) in [6.07, 6.45) is 3.53. The van der Waals surface area contributed by atoms with E-state index in [2.05, 4.69) is 15.0 Å². The first-order valence-electron chi connectivity index (χ1n) is 6.86. The molecule has 6 nitrogen and oxygen atoms in total. The molecule has 7 heteroatoms. The Bertz CT molecular complexity index is 826. The number of aromatic amines is 2. The summed E-state index contributed by atoms with van der Waals surface area (Å²) in [4.78, 5) is 21.6. The number of benzene rings is 1. The second kappa shape index (κ2) is 7.04. The number of nitrogens with two attached hydrogens (primary N) is 1. The van der Waals surface area contributed by atoms with E-state index in [9.17, 15) is 4.79 Å². The van der Waals surface area contributed by atoms with Gasteiger partial charge in [0.15, 0.2) is 11.4 Å². The van der Waals surface area contributed by atoms with Crippen LogP contribution in [0.2, 0.25) is 0 Å². The second-order valence-corrected chi connectivity index (χ2v) is 4.97. The number of H-pyrrole nitrogens is 2. The summed E-state index contributed by atoms with van der Waals surface area (Å²) < 4.78 is 5.80. The number of hydrogen-bond donors (Lipinski definition) is 3. The van der Waals surface area contributed by atoms with Gasteiger partial charge < -0.3 is 15.5 Å². The largest absolute Gasteiger partial charge is 0.455 e. The summed E-state index contributed by atoms with van der Waals surface area (Å²) in [5.41, 5.74) is 7.25. The first-order valence-corrected chi connectivity index (χ1v) is 8.08. The predicted molar refractivity (Wildman–Crippen MR) is 90.8 cm³/mol. The number of aromatic nitrogens is 3. The van der Waals surface area contributed by atoms with Crippen LogP contribution < -0.4 is 16.2 Å². The Morgan fingerprint density at radius 1 is 1.23 bits per heavy atom. The van der Waals surface area contributed by atoms with Gasteiger partial charge in [0.25, 0.3) is 0 Å². The lowest BCUT2D eigenvalue weighted by molar-refractivity contribution is 0.485. The van der Waals surface area contributed by atoms with Crippen molar-refractivity contribution in [3.63, 3.8) is 0 Å². The maximum atomic E-state index is 11.3. The Balaban J connectivity index is 0.000000847. The Morgan fingerprint density at radius 3 is 2.73 bits per heavy atom. The molecule has 0 spiro atoms. The number of nitrogens with one attached hydrogen (secondary N) is 2. The number of nitrogen functional groups attached to an aromatic ring is 1. The first kappa shape index (κ1) is 16.0. The molecule has 4 N–H and O–H groups in total. The molecule has 0 radical (unpaired) electrons. The number of ether oxygens (including phenoxy) is 1. The Labute approximate surface area is 132 Å². The lowest BCUT2D eigenvalue weighted by Gasteiger charge is -2.09. The van der Waals surface area contributed by atoms with Gasteiger partial charge in [-0.25, -0.2) is 9.78 Å². The standard InChI is InChI=1S/C13H12N4O2S.C2H6/c1-20-10-6-7(2-3-8(10)14)19-9-4-5-15-12-11(9)16-13(18)17-12;1-2/h2-6H,14H2,1H3,(H2,15,16,17,18);1-2H3. The summed E-state index contributed by atoms with van der Waals surface area (Å²) in [7, 11) is 0. The highest BCUT2D eigenvalue weighted by Crippen LogP contribution is 2.31. The van der Waals surface area contributed by atoms with Crippen molar-refractivity contribution in [1.29, 1.82) is 0 Å². The monoisotopic (exact) mass is 318 g/mol. The number of fused-ring (bicyclic) bond motifs is 1. The third-order valence-corrected chi connectivity index (χ3v) is 3.61. The van der Waals surface area contributed by atoms with Crippen LogP contribution in [0.3, 0.4) is 0 Å². The minimum absolute atomic E-state index is 0.314. The van der Waals surface area contributed by atoms with Crippen molar-refractivity contribution < 1.29 is 4.74 Å². The molecule has 0 bridgehead atoms. The minimum Gasteiger partial charge on any atom is -0.455 e. The third-order valence-electron chi connectivity index (χ3n) is 2.82. The summed E-state index contributed by atoms with van der Waals surface area (Å²) in [5, 5.41) is 0. The topological polar surface area (TPSA) is 96.8 Å². The van der Waals surface area contributed by atoms with Crippen LogP contribution in [0.15, 0.2) is 40.2 Å². The van der Waals surface area contributed by atoms with Gasteiger partial charge in [-0.05, 0) is 24.5 Å². The van der Waals surface area contributed by atoms with Crippen LogP contribution >= 0.6 is 11.8 Å². The molecule has 0 aliphatic rings. The van der Waals surface area contributed by atoms with Crippen molar-refractivity contribution in [2.24, 2.45) is 0 Å². The fourth-order valence-corrected chi connectivity index (χ4v) is 2.42. The highest BCUT2D eigenvalue weighted by molar-refractivity contribution is 7.98. The van der Waals surface area contributed by atoms with Crippen LogP contribution in [0.5, 0.6) is 11.5 Å². The maximum Gasteiger partial charge on any atom is 0.325 e. The predicted octanol–water partition coefficient (Wildman–Crippen LogP) is 3.37. The van der Waals surface area contributed by atoms with Gasteiger partial charge in [0.2, 0.25) is 0 Å². The highest BCUT2D eigenvalue weighted by Gasteiger charge is 2.08. The van der Waals surface area contributed by atoms with E-state index in [1.54, 1.807) is 36.2 Å². The summed E-state index contributed by atoms with van der Waals surface area (Å²) in [6.45, 7) is 4.00. The van der Waals surface area contributed by atoms with Crippen molar-refractivity contribution in [2.75, 3.05) is 12.0 Å². The average Bonchev–Trinajstić information content (AvgIpc) is 2.92. The van der Waals surface area contributed by atoms with E-state index < -0.39 is 0 Å². The zero-order valence-corrected chi connectivity index (χ0v) is 13.5. The number of hydrogen-bond acceptors (Lipinski definition) is 5. The van der Waals surface area contributed by atoms with E-state index in [0.29, 0.717) is 28.4 Å². The van der Waals surface area contributed by atoms with Crippen LogP contribution in [0.25, 0.3) is 11.2 Å². The SMILES string of the molecule is CC.CSc1cc(Oc2ccnc3[nH]c(=O)[nH]c23)ccc1N. The van der Waals surface area contributed by atoms with Gasteiger partial charge in [0, 0.05) is 22.8 Å². The van der Waals surface area contributed by atoms with E-state index in [0.717, 1.165) is 4.90 Å². The Morgan fingerprint density at radius 2 is 2.00 bits per heavy atom. The fraction of sp³-hybridized carbons (Fsp3) is 0.200. The summed E-state index contributed by atoms with van der Waals surface area (Å²) in [6, 6.07) is 7.13. The third kappa shape index (κ3) is 3.25. The van der Waals surface area contributed by atoms with Crippen molar-refractivity contribution >= 4 is 28.6 Å². The number of anilines is 1. The molecule has 2 aromatic heterocycles. The Kier molecular flexibility index (Phi) is 5.11. The molecule has 0 aliphatic heterocycles. The van der Waals surface area contributed by atoms with Crippen LogP contribution in [-0.4, -0.2) is 21.2 Å². The van der Waals surface area contributed by atoms with Crippen molar-refractivity contribution in [3.05, 3.63) is 40.9 Å². The summed E-state index contributed by atoms with van der Waals surface area (Å²) in [5.74, 6) is 1.18. The molecule has 3 aromatic rings.